The molecule has 1 amide bonds. The molecule has 36 heavy (non-hydrogen) atoms. The van der Waals surface area contributed by atoms with Gasteiger partial charge in [-0.15, -0.1) is 0 Å². The molecule has 3 aromatic carbocycles. The maximum Gasteiger partial charge on any atom is 0.264 e. The smallest absolute Gasteiger partial charge is 0.264 e. The van der Waals surface area contributed by atoms with Crippen LogP contribution in [0.1, 0.15) is 44.0 Å². The fourth-order valence-corrected chi connectivity index (χ4v) is 5.33. The first-order valence-corrected chi connectivity index (χ1v) is 13.7. The molecule has 0 saturated heterocycles. The van der Waals surface area contributed by atoms with Crippen molar-refractivity contribution in [2.24, 2.45) is 0 Å². The summed E-state index contributed by atoms with van der Waals surface area (Å²) < 4.78 is 33.4. The van der Waals surface area contributed by atoms with Crippen molar-refractivity contribution in [3.8, 4) is 5.75 Å². The second kappa shape index (κ2) is 12.5. The molecule has 0 saturated carbocycles. The van der Waals surface area contributed by atoms with E-state index in [0.29, 0.717) is 29.2 Å². The van der Waals surface area contributed by atoms with Crippen LogP contribution in [-0.4, -0.2) is 32.1 Å². The Morgan fingerprint density at radius 3 is 2.19 bits per heavy atom. The lowest BCUT2D eigenvalue weighted by Crippen LogP contribution is -2.34. The number of anilines is 2. The zero-order valence-corrected chi connectivity index (χ0v) is 22.2. The van der Waals surface area contributed by atoms with Crippen LogP contribution in [0.15, 0.2) is 83.8 Å². The monoisotopic (exact) mass is 525 g/mol. The number of sulfonamides is 1. The molecule has 2 N–H and O–H groups in total. The highest BCUT2D eigenvalue weighted by molar-refractivity contribution is 7.92. The van der Waals surface area contributed by atoms with Gasteiger partial charge in [0.1, 0.15) is 5.75 Å². The van der Waals surface area contributed by atoms with Crippen LogP contribution in [0.2, 0.25) is 0 Å². The molecule has 1 atom stereocenters. The number of nitrogens with zero attached hydrogens (tertiary/aromatic N) is 1. The Morgan fingerprint density at radius 2 is 1.61 bits per heavy atom. The van der Waals surface area contributed by atoms with Crippen LogP contribution in [0.25, 0.3) is 0 Å². The Morgan fingerprint density at radius 1 is 0.972 bits per heavy atom. The second-order valence-corrected chi connectivity index (χ2v) is 10.5. The largest absolute Gasteiger partial charge is 0.491 e. The first-order chi connectivity index (χ1) is 17.2. The molecule has 0 aliphatic carbocycles. The summed E-state index contributed by atoms with van der Waals surface area (Å²) in [7, 11) is -3.73. The lowest BCUT2D eigenvalue weighted by Gasteiger charge is -2.23. The van der Waals surface area contributed by atoms with E-state index in [-0.39, 0.29) is 22.0 Å². The van der Waals surface area contributed by atoms with Crippen LogP contribution >= 0.6 is 12.2 Å². The number of ether oxygens (including phenoxy) is 1. The first kappa shape index (κ1) is 27.2. The summed E-state index contributed by atoms with van der Waals surface area (Å²) in [5.41, 5.74) is 1.59. The molecule has 3 rings (SSSR count). The molecule has 0 heterocycles. The van der Waals surface area contributed by atoms with Crippen molar-refractivity contribution in [2.75, 3.05) is 16.2 Å². The van der Waals surface area contributed by atoms with Crippen LogP contribution < -0.4 is 19.7 Å². The number of carbonyl (C=O) groups is 1. The number of nitrogens with one attached hydrogen (secondary N) is 2. The van der Waals surface area contributed by atoms with Crippen molar-refractivity contribution < 1.29 is 17.9 Å². The number of amides is 1. The normalized spacial score (nSPS) is 11.9. The van der Waals surface area contributed by atoms with Gasteiger partial charge >= 0.3 is 0 Å². The van der Waals surface area contributed by atoms with Gasteiger partial charge in [0.15, 0.2) is 5.11 Å². The number of hydrogen-bond acceptors (Lipinski definition) is 5. The van der Waals surface area contributed by atoms with E-state index in [0.717, 1.165) is 12.8 Å². The maximum absolute atomic E-state index is 13.1. The summed E-state index contributed by atoms with van der Waals surface area (Å²) in [4.78, 5) is 12.7. The van der Waals surface area contributed by atoms with E-state index in [1.54, 1.807) is 67.6 Å². The van der Waals surface area contributed by atoms with E-state index < -0.39 is 10.0 Å². The molecule has 0 radical (unpaired) electrons. The van der Waals surface area contributed by atoms with Gasteiger partial charge in [0.2, 0.25) is 0 Å². The molecule has 1 unspecified atom stereocenters. The molecule has 7 nitrogen and oxygen atoms in total. The number of hydrogen-bond donors (Lipinski definition) is 2. The second-order valence-electron chi connectivity index (χ2n) is 8.18. The van der Waals surface area contributed by atoms with E-state index in [1.807, 2.05) is 13.0 Å². The highest BCUT2D eigenvalue weighted by atomic mass is 32.2. The summed E-state index contributed by atoms with van der Waals surface area (Å²) in [6.45, 7) is 6.20. The third-order valence-corrected chi connectivity index (χ3v) is 7.53. The van der Waals surface area contributed by atoms with Gasteiger partial charge in [0.05, 0.1) is 16.7 Å². The van der Waals surface area contributed by atoms with Crippen molar-refractivity contribution >= 4 is 44.6 Å². The third-order valence-electron chi connectivity index (χ3n) is 5.41. The summed E-state index contributed by atoms with van der Waals surface area (Å²) in [6.07, 6.45) is 2.10. The molecule has 3 aromatic rings. The lowest BCUT2D eigenvalue weighted by molar-refractivity contribution is 0.0977. The van der Waals surface area contributed by atoms with Crippen molar-refractivity contribution in [1.29, 1.82) is 0 Å². The van der Waals surface area contributed by atoms with Crippen LogP contribution in [-0.2, 0) is 10.0 Å². The fraction of sp³-hybridized carbons (Fsp3) is 0.259. The Labute approximate surface area is 218 Å². The quantitative estimate of drug-likeness (QED) is 0.335. The van der Waals surface area contributed by atoms with Crippen LogP contribution in [0.3, 0.4) is 0 Å². The number of rotatable bonds is 10. The van der Waals surface area contributed by atoms with Crippen LogP contribution in [0.4, 0.5) is 11.4 Å². The van der Waals surface area contributed by atoms with Gasteiger partial charge in [-0.2, -0.15) is 0 Å². The number of thiocarbonyl (C=S) groups is 1. The average molecular weight is 526 g/mol. The highest BCUT2D eigenvalue weighted by Crippen LogP contribution is 2.24. The maximum atomic E-state index is 13.1. The topological polar surface area (TPSA) is 87.7 Å². The predicted octanol–water partition coefficient (Wildman–Crippen LogP) is 5.60. The standard InChI is InChI=1S/C27H31N3O4S2/c1-4-9-20(3)34-24-16-12-21(13-17-24)26(31)29-27(35)28-22-14-18-25(19-15-22)36(32,33)30(5-2)23-10-7-6-8-11-23/h6-8,10-20H,4-5,9H2,1-3H3,(H2,28,29,31,35). The molecule has 0 aromatic heterocycles. The van der Waals surface area contributed by atoms with Crippen LogP contribution in [0, 0.1) is 0 Å². The van der Waals surface area contributed by atoms with Crippen molar-refractivity contribution in [3.05, 3.63) is 84.4 Å². The highest BCUT2D eigenvalue weighted by Gasteiger charge is 2.23. The SMILES string of the molecule is CCCC(C)Oc1ccc(C(=O)NC(=S)Nc2ccc(S(=O)(=O)N(CC)c3ccccc3)cc2)cc1. The lowest BCUT2D eigenvalue weighted by atomic mass is 10.2. The Balaban J connectivity index is 1.60. The zero-order chi connectivity index (χ0) is 26.1. The van der Waals surface area contributed by atoms with Crippen molar-refractivity contribution in [3.63, 3.8) is 0 Å². The minimum atomic E-state index is -3.73. The Hall–Kier alpha value is -3.43. The van der Waals surface area contributed by atoms with Crippen LogP contribution in [0.5, 0.6) is 5.75 Å². The van der Waals surface area contributed by atoms with Crippen molar-refractivity contribution in [1.82, 2.24) is 5.32 Å². The molecule has 0 fully saturated rings. The van der Waals surface area contributed by atoms with Gasteiger partial charge in [-0.25, -0.2) is 8.42 Å². The Bertz CT molecular complexity index is 1260. The van der Waals surface area contributed by atoms with E-state index in [4.69, 9.17) is 17.0 Å². The molecule has 0 aliphatic rings. The number of benzene rings is 3. The van der Waals surface area contributed by atoms with Crippen molar-refractivity contribution in [2.45, 2.75) is 44.6 Å². The van der Waals surface area contributed by atoms with Gasteiger partial charge < -0.3 is 10.1 Å². The molecule has 190 valence electrons. The van der Waals surface area contributed by atoms with Gasteiger partial charge in [0.25, 0.3) is 15.9 Å². The van der Waals surface area contributed by atoms with E-state index >= 15 is 0 Å². The number of para-hydroxylation sites is 1. The molecule has 0 bridgehead atoms. The van der Waals surface area contributed by atoms with E-state index in [2.05, 4.69) is 17.6 Å². The van der Waals surface area contributed by atoms with Gasteiger partial charge in [-0.3, -0.25) is 14.4 Å². The summed E-state index contributed by atoms with van der Waals surface area (Å²) in [6, 6.07) is 22.0. The zero-order valence-electron chi connectivity index (χ0n) is 20.6. The molecular weight excluding hydrogens is 494 g/mol. The van der Waals surface area contributed by atoms with Gasteiger partial charge in [-0.05, 0) is 93.1 Å². The minimum Gasteiger partial charge on any atom is -0.491 e. The van der Waals surface area contributed by atoms with Gasteiger partial charge in [0, 0.05) is 17.8 Å². The first-order valence-electron chi connectivity index (χ1n) is 11.8. The molecule has 9 heteroatoms. The molecule has 0 spiro atoms. The summed E-state index contributed by atoms with van der Waals surface area (Å²) in [5.74, 6) is 0.346. The fourth-order valence-electron chi connectivity index (χ4n) is 3.64. The number of carbonyl (C=O) groups excluding carboxylic acids is 1. The van der Waals surface area contributed by atoms with Gasteiger partial charge in [-0.1, -0.05) is 31.5 Å². The average Bonchev–Trinajstić information content (AvgIpc) is 2.86. The predicted molar refractivity (Wildman–Crippen MR) is 148 cm³/mol. The summed E-state index contributed by atoms with van der Waals surface area (Å²) in [5, 5.41) is 5.65. The minimum absolute atomic E-state index is 0.104. The molecule has 0 aliphatic heterocycles. The third kappa shape index (κ3) is 7.05. The molecular formula is C27H31N3O4S2. The van der Waals surface area contributed by atoms with E-state index in [1.165, 1.54) is 16.4 Å². The Kier molecular flexibility index (Phi) is 9.44. The van der Waals surface area contributed by atoms with E-state index in [9.17, 15) is 13.2 Å². The summed E-state index contributed by atoms with van der Waals surface area (Å²) >= 11 is 5.26.